The SMILES string of the molecule is CC.CC(=O)OCC(=O)C1CCC2C3CCC4=CC(=O)CCC4(C)C3CCC12C. The van der Waals surface area contributed by atoms with Gasteiger partial charge in [0.05, 0.1) is 0 Å². The zero-order chi connectivity index (χ0) is 21.4. The number of hydrogen-bond donors (Lipinski definition) is 0. The molecule has 4 aliphatic rings. The summed E-state index contributed by atoms with van der Waals surface area (Å²) in [6.45, 7) is 10.0. The Bertz CT molecular complexity index is 708. The molecule has 0 saturated heterocycles. The normalized spacial score (nSPS) is 40.4. The molecule has 29 heavy (non-hydrogen) atoms. The van der Waals surface area contributed by atoms with E-state index in [9.17, 15) is 14.4 Å². The van der Waals surface area contributed by atoms with Crippen molar-refractivity contribution in [2.75, 3.05) is 6.61 Å². The number of ketones is 2. The Balaban J connectivity index is 0.00000117. The molecule has 0 radical (unpaired) electrons. The van der Waals surface area contributed by atoms with Crippen molar-refractivity contribution in [3.05, 3.63) is 11.6 Å². The van der Waals surface area contributed by atoms with E-state index in [2.05, 4.69) is 13.8 Å². The van der Waals surface area contributed by atoms with Crippen molar-refractivity contribution in [1.82, 2.24) is 0 Å². The molecule has 4 rings (SSSR count). The van der Waals surface area contributed by atoms with Gasteiger partial charge in [-0.3, -0.25) is 14.4 Å². The van der Waals surface area contributed by atoms with Crippen LogP contribution in [0.4, 0.5) is 0 Å². The molecule has 162 valence electrons. The Labute approximate surface area is 175 Å². The van der Waals surface area contributed by atoms with Gasteiger partial charge < -0.3 is 4.74 Å². The van der Waals surface area contributed by atoms with Crippen molar-refractivity contribution in [2.45, 2.75) is 86.0 Å². The van der Waals surface area contributed by atoms with Gasteiger partial charge in [0.25, 0.3) is 0 Å². The molecule has 4 heteroatoms. The predicted molar refractivity (Wildman–Crippen MR) is 113 cm³/mol. The fraction of sp³-hybridized carbons (Fsp3) is 0.800. The minimum absolute atomic E-state index is 0.0282. The highest BCUT2D eigenvalue weighted by atomic mass is 16.5. The Morgan fingerprint density at radius 2 is 1.76 bits per heavy atom. The molecule has 3 fully saturated rings. The van der Waals surface area contributed by atoms with Crippen molar-refractivity contribution in [3.63, 3.8) is 0 Å². The van der Waals surface area contributed by atoms with E-state index in [1.54, 1.807) is 0 Å². The van der Waals surface area contributed by atoms with Crippen LogP contribution in [0.1, 0.15) is 86.0 Å². The van der Waals surface area contributed by atoms with Crippen molar-refractivity contribution in [3.8, 4) is 0 Å². The average molecular weight is 403 g/mol. The van der Waals surface area contributed by atoms with Crippen LogP contribution in [0.3, 0.4) is 0 Å². The van der Waals surface area contributed by atoms with Gasteiger partial charge in [0.15, 0.2) is 11.6 Å². The topological polar surface area (TPSA) is 60.4 Å². The van der Waals surface area contributed by atoms with Gasteiger partial charge in [-0.2, -0.15) is 0 Å². The molecule has 0 aromatic rings. The fourth-order valence-electron chi connectivity index (χ4n) is 7.36. The maximum atomic E-state index is 12.8. The molecular formula is C25H38O4. The molecule has 4 aliphatic carbocycles. The molecule has 0 N–H and O–H groups in total. The van der Waals surface area contributed by atoms with Crippen molar-refractivity contribution in [1.29, 1.82) is 0 Å². The summed E-state index contributed by atoms with van der Waals surface area (Å²) in [5.74, 6) is 1.95. The number of allylic oxidation sites excluding steroid dienone is 1. The van der Waals surface area contributed by atoms with Gasteiger partial charge in [0, 0.05) is 19.3 Å². The summed E-state index contributed by atoms with van der Waals surface area (Å²) in [4.78, 5) is 35.8. The first-order valence-electron chi connectivity index (χ1n) is 11.7. The number of fused-ring (bicyclic) bond motifs is 5. The van der Waals surface area contributed by atoms with Crippen LogP contribution in [0.5, 0.6) is 0 Å². The lowest BCUT2D eigenvalue weighted by molar-refractivity contribution is -0.149. The van der Waals surface area contributed by atoms with E-state index in [0.29, 0.717) is 30.0 Å². The summed E-state index contributed by atoms with van der Waals surface area (Å²) in [6, 6.07) is 0. The maximum absolute atomic E-state index is 12.8. The summed E-state index contributed by atoms with van der Waals surface area (Å²) < 4.78 is 5.02. The smallest absolute Gasteiger partial charge is 0.303 e. The lowest BCUT2D eigenvalue weighted by Crippen LogP contribution is -2.51. The summed E-state index contributed by atoms with van der Waals surface area (Å²) in [5.41, 5.74) is 1.61. The van der Waals surface area contributed by atoms with Crippen molar-refractivity contribution < 1.29 is 19.1 Å². The summed E-state index contributed by atoms with van der Waals surface area (Å²) in [7, 11) is 0. The second-order valence-electron chi connectivity index (χ2n) is 9.89. The number of Topliss-reactive ketones (excluding diaryl/α,β-unsaturated/α-hetero) is 1. The van der Waals surface area contributed by atoms with Gasteiger partial charge in [0.2, 0.25) is 0 Å². The standard InChI is InChI=1S/C23H32O4.C2H6/c1-14(24)27-13-21(26)20-7-6-18-17-5-4-15-12-16(25)8-10-22(15,2)19(17)9-11-23(18,20)3;1-2/h12,17-20H,4-11,13H2,1-3H3;1-2H3. The number of esters is 1. The molecule has 3 saturated carbocycles. The monoisotopic (exact) mass is 402 g/mol. The number of carbonyl (C=O) groups excluding carboxylic acids is 3. The minimum atomic E-state index is -0.377. The molecular weight excluding hydrogens is 364 g/mol. The number of carbonyl (C=O) groups is 3. The van der Waals surface area contributed by atoms with E-state index >= 15 is 0 Å². The number of rotatable bonds is 3. The summed E-state index contributed by atoms with van der Waals surface area (Å²) in [6.07, 6.45) is 10.1. The predicted octanol–water partition coefficient (Wildman–Crippen LogP) is 5.29. The van der Waals surface area contributed by atoms with Crippen LogP contribution in [-0.4, -0.2) is 24.1 Å². The van der Waals surface area contributed by atoms with E-state index in [-0.39, 0.29) is 35.1 Å². The van der Waals surface area contributed by atoms with Gasteiger partial charge >= 0.3 is 5.97 Å². The van der Waals surface area contributed by atoms with Crippen LogP contribution in [0.2, 0.25) is 0 Å². The van der Waals surface area contributed by atoms with Crippen LogP contribution in [-0.2, 0) is 19.1 Å². The Hall–Kier alpha value is -1.45. The van der Waals surface area contributed by atoms with E-state index in [1.165, 1.54) is 12.5 Å². The quantitative estimate of drug-likeness (QED) is 0.602. The summed E-state index contributed by atoms with van der Waals surface area (Å²) in [5, 5.41) is 0. The molecule has 0 aliphatic heterocycles. The van der Waals surface area contributed by atoms with Gasteiger partial charge in [-0.1, -0.05) is 33.3 Å². The number of hydrogen-bond acceptors (Lipinski definition) is 4. The van der Waals surface area contributed by atoms with Crippen LogP contribution in [0.15, 0.2) is 11.6 Å². The zero-order valence-electron chi connectivity index (χ0n) is 18.9. The first kappa shape index (κ1) is 22.2. The van der Waals surface area contributed by atoms with Crippen LogP contribution >= 0.6 is 0 Å². The first-order chi connectivity index (χ1) is 13.8. The lowest BCUT2D eigenvalue weighted by Gasteiger charge is -2.58. The highest BCUT2D eigenvalue weighted by Crippen LogP contribution is 2.66. The van der Waals surface area contributed by atoms with E-state index < -0.39 is 0 Å². The molecule has 6 atom stereocenters. The molecule has 4 nitrogen and oxygen atoms in total. The van der Waals surface area contributed by atoms with Crippen LogP contribution < -0.4 is 0 Å². The van der Waals surface area contributed by atoms with E-state index in [0.717, 1.165) is 44.9 Å². The van der Waals surface area contributed by atoms with Gasteiger partial charge in [-0.15, -0.1) is 0 Å². The average Bonchev–Trinajstić information content (AvgIpc) is 3.05. The van der Waals surface area contributed by atoms with E-state index in [1.807, 2.05) is 19.9 Å². The Morgan fingerprint density at radius 1 is 1.03 bits per heavy atom. The van der Waals surface area contributed by atoms with Gasteiger partial charge in [-0.25, -0.2) is 0 Å². The second kappa shape index (κ2) is 8.35. The fourth-order valence-corrected chi connectivity index (χ4v) is 7.36. The first-order valence-corrected chi connectivity index (χ1v) is 11.7. The van der Waals surface area contributed by atoms with Crippen LogP contribution in [0.25, 0.3) is 0 Å². The van der Waals surface area contributed by atoms with E-state index in [4.69, 9.17) is 4.74 Å². The molecule has 0 heterocycles. The summed E-state index contributed by atoms with van der Waals surface area (Å²) >= 11 is 0. The molecule has 0 amide bonds. The highest BCUT2D eigenvalue weighted by molar-refractivity contribution is 5.91. The zero-order valence-corrected chi connectivity index (χ0v) is 18.9. The minimum Gasteiger partial charge on any atom is -0.458 e. The second-order valence-corrected chi connectivity index (χ2v) is 9.89. The van der Waals surface area contributed by atoms with Crippen LogP contribution in [0, 0.1) is 34.5 Å². The molecule has 0 spiro atoms. The Morgan fingerprint density at radius 3 is 2.45 bits per heavy atom. The van der Waals surface area contributed by atoms with Crippen molar-refractivity contribution in [2.24, 2.45) is 34.5 Å². The van der Waals surface area contributed by atoms with Crippen molar-refractivity contribution >= 4 is 17.5 Å². The van der Waals surface area contributed by atoms with Gasteiger partial charge in [-0.05, 0) is 79.6 Å². The third kappa shape index (κ3) is 3.72. The highest BCUT2D eigenvalue weighted by Gasteiger charge is 2.60. The lowest BCUT2D eigenvalue weighted by atomic mass is 9.46. The third-order valence-corrected chi connectivity index (χ3v) is 8.77. The van der Waals surface area contributed by atoms with Gasteiger partial charge in [0.1, 0.15) is 6.61 Å². The maximum Gasteiger partial charge on any atom is 0.303 e. The number of ether oxygens (including phenoxy) is 1. The third-order valence-electron chi connectivity index (χ3n) is 8.77. The molecule has 6 unspecified atom stereocenters. The Kier molecular flexibility index (Phi) is 6.41. The molecule has 0 aromatic carbocycles. The molecule has 0 aromatic heterocycles. The molecule has 0 bridgehead atoms. The largest absolute Gasteiger partial charge is 0.458 e.